The van der Waals surface area contributed by atoms with Gasteiger partial charge in [-0.05, 0) is 37.1 Å². The lowest BCUT2D eigenvalue weighted by Crippen LogP contribution is -2.56. The van der Waals surface area contributed by atoms with Gasteiger partial charge in [0.1, 0.15) is 5.54 Å². The highest BCUT2D eigenvalue weighted by atomic mass is 35.5. The van der Waals surface area contributed by atoms with Gasteiger partial charge in [0.05, 0.1) is 0 Å². The van der Waals surface area contributed by atoms with Crippen LogP contribution in [-0.4, -0.2) is 37.0 Å². The molecule has 1 fully saturated rings. The summed E-state index contributed by atoms with van der Waals surface area (Å²) in [6, 6.07) is 18.1. The van der Waals surface area contributed by atoms with E-state index in [4.69, 9.17) is 5.73 Å². The number of piperazine rings is 1. The van der Waals surface area contributed by atoms with Crippen LogP contribution < -0.4 is 10.6 Å². The number of hydrogen-bond acceptors (Lipinski definition) is 3. The zero-order valence-corrected chi connectivity index (χ0v) is 16.9. The second-order valence-corrected chi connectivity index (χ2v) is 6.69. The fourth-order valence-corrected chi connectivity index (χ4v) is 3.23. The van der Waals surface area contributed by atoms with Gasteiger partial charge < -0.3 is 15.5 Å². The molecule has 6 heteroatoms. The fourth-order valence-electron chi connectivity index (χ4n) is 3.23. The van der Waals surface area contributed by atoms with E-state index in [9.17, 15) is 4.79 Å². The maximum atomic E-state index is 12.9. The van der Waals surface area contributed by atoms with Crippen molar-refractivity contribution in [2.24, 2.45) is 5.73 Å². The highest BCUT2D eigenvalue weighted by Crippen LogP contribution is 2.23. The van der Waals surface area contributed by atoms with Gasteiger partial charge in [0.2, 0.25) is 5.91 Å². The molecule has 0 spiro atoms. The summed E-state index contributed by atoms with van der Waals surface area (Å²) in [5, 5.41) is 0. The molecule has 26 heavy (non-hydrogen) atoms. The average Bonchev–Trinajstić information content (AvgIpc) is 2.62. The van der Waals surface area contributed by atoms with Crippen LogP contribution in [0.4, 0.5) is 5.69 Å². The van der Waals surface area contributed by atoms with Gasteiger partial charge in [-0.3, -0.25) is 4.79 Å². The number of nitrogens with two attached hydrogens (primary N) is 1. The highest BCUT2D eigenvalue weighted by Gasteiger charge is 2.35. The molecule has 2 aromatic carbocycles. The van der Waals surface area contributed by atoms with Crippen LogP contribution >= 0.6 is 24.8 Å². The van der Waals surface area contributed by atoms with E-state index in [1.54, 1.807) is 6.92 Å². The highest BCUT2D eigenvalue weighted by molar-refractivity contribution is 5.87. The lowest BCUT2D eigenvalue weighted by atomic mass is 9.91. The average molecular weight is 396 g/mol. The van der Waals surface area contributed by atoms with Crippen LogP contribution in [0.15, 0.2) is 54.6 Å². The second-order valence-electron chi connectivity index (χ2n) is 6.69. The van der Waals surface area contributed by atoms with Crippen molar-refractivity contribution in [3.05, 3.63) is 65.7 Å². The molecule has 1 aliphatic rings. The Morgan fingerprint density at radius 3 is 2.15 bits per heavy atom. The van der Waals surface area contributed by atoms with E-state index in [1.165, 1.54) is 11.3 Å². The lowest BCUT2D eigenvalue weighted by Gasteiger charge is -2.39. The topological polar surface area (TPSA) is 49.6 Å². The van der Waals surface area contributed by atoms with E-state index >= 15 is 0 Å². The monoisotopic (exact) mass is 395 g/mol. The molecule has 0 saturated carbocycles. The van der Waals surface area contributed by atoms with Gasteiger partial charge in [0.25, 0.3) is 0 Å². The Balaban J connectivity index is 0.00000169. The Kier molecular flexibility index (Phi) is 7.94. The molecule has 0 radical (unpaired) electrons. The van der Waals surface area contributed by atoms with Crippen LogP contribution in [0.3, 0.4) is 0 Å². The molecule has 2 aromatic rings. The Labute approximate surface area is 168 Å². The van der Waals surface area contributed by atoms with Crippen LogP contribution in [0.2, 0.25) is 0 Å². The number of amides is 1. The minimum Gasteiger partial charge on any atom is -0.368 e. The summed E-state index contributed by atoms with van der Waals surface area (Å²) in [5.41, 5.74) is 8.73. The summed E-state index contributed by atoms with van der Waals surface area (Å²) in [6.45, 7) is 6.97. The van der Waals surface area contributed by atoms with Crippen molar-refractivity contribution >= 4 is 36.4 Å². The number of carbonyl (C=O) groups is 1. The SMILES string of the molecule is Cc1cccc(N2CCN(C(=O)C(C)(N)c3ccccc3)CC2)c1.Cl.Cl. The van der Waals surface area contributed by atoms with E-state index in [0.717, 1.165) is 18.7 Å². The van der Waals surface area contributed by atoms with Crippen molar-refractivity contribution in [2.45, 2.75) is 19.4 Å². The Morgan fingerprint density at radius 2 is 1.58 bits per heavy atom. The first kappa shape index (κ1) is 22.3. The minimum absolute atomic E-state index is 0. The number of halogens is 2. The van der Waals surface area contributed by atoms with Gasteiger partial charge in [0.15, 0.2) is 0 Å². The van der Waals surface area contributed by atoms with Gasteiger partial charge >= 0.3 is 0 Å². The molecule has 0 aromatic heterocycles. The molecule has 142 valence electrons. The quantitative estimate of drug-likeness (QED) is 0.866. The van der Waals surface area contributed by atoms with Gasteiger partial charge in [-0.2, -0.15) is 0 Å². The zero-order chi connectivity index (χ0) is 17.2. The van der Waals surface area contributed by atoms with Crippen molar-refractivity contribution < 1.29 is 4.79 Å². The third-order valence-corrected chi connectivity index (χ3v) is 4.75. The molecule has 1 atom stereocenters. The zero-order valence-electron chi connectivity index (χ0n) is 15.2. The van der Waals surface area contributed by atoms with Gasteiger partial charge in [-0.25, -0.2) is 0 Å². The summed E-state index contributed by atoms with van der Waals surface area (Å²) in [5.74, 6) is -0.00223. The van der Waals surface area contributed by atoms with Crippen LogP contribution in [0.1, 0.15) is 18.1 Å². The maximum absolute atomic E-state index is 12.9. The van der Waals surface area contributed by atoms with E-state index < -0.39 is 5.54 Å². The number of benzene rings is 2. The van der Waals surface area contributed by atoms with E-state index in [0.29, 0.717) is 13.1 Å². The number of carbonyl (C=O) groups excluding carboxylic acids is 1. The van der Waals surface area contributed by atoms with E-state index in [-0.39, 0.29) is 30.7 Å². The molecule has 1 amide bonds. The minimum atomic E-state index is -0.979. The number of anilines is 1. The van der Waals surface area contributed by atoms with Crippen molar-refractivity contribution in [2.75, 3.05) is 31.1 Å². The fraction of sp³-hybridized carbons (Fsp3) is 0.350. The molecule has 3 rings (SSSR count). The molecule has 1 aliphatic heterocycles. The van der Waals surface area contributed by atoms with Crippen LogP contribution in [0.5, 0.6) is 0 Å². The molecule has 1 unspecified atom stereocenters. The van der Waals surface area contributed by atoms with Gasteiger partial charge in [0, 0.05) is 31.9 Å². The number of aryl methyl sites for hydroxylation is 1. The summed E-state index contributed by atoms with van der Waals surface area (Å²) >= 11 is 0. The van der Waals surface area contributed by atoms with Crippen LogP contribution in [0.25, 0.3) is 0 Å². The van der Waals surface area contributed by atoms with Gasteiger partial charge in [-0.1, -0.05) is 42.5 Å². The number of hydrogen-bond donors (Lipinski definition) is 1. The standard InChI is InChI=1S/C20H25N3O.2ClH/c1-16-7-6-10-18(15-16)22-11-13-23(14-12-22)19(24)20(2,21)17-8-4-3-5-9-17;;/h3-10,15H,11-14,21H2,1-2H3;2*1H. The smallest absolute Gasteiger partial charge is 0.247 e. The molecule has 0 bridgehead atoms. The molecule has 0 aliphatic carbocycles. The molecule has 1 saturated heterocycles. The van der Waals surface area contributed by atoms with E-state index in [1.807, 2.05) is 35.2 Å². The molecule has 1 heterocycles. The van der Waals surface area contributed by atoms with Crippen LogP contribution in [-0.2, 0) is 10.3 Å². The van der Waals surface area contributed by atoms with Crippen molar-refractivity contribution in [3.8, 4) is 0 Å². The first-order valence-electron chi connectivity index (χ1n) is 8.44. The first-order valence-corrected chi connectivity index (χ1v) is 8.44. The van der Waals surface area contributed by atoms with Crippen molar-refractivity contribution in [1.82, 2.24) is 4.90 Å². The molecular formula is C20H27Cl2N3O. The van der Waals surface area contributed by atoms with Crippen LogP contribution in [0, 0.1) is 6.92 Å². The Morgan fingerprint density at radius 1 is 0.962 bits per heavy atom. The Hall–Kier alpha value is -1.75. The number of rotatable bonds is 3. The third-order valence-electron chi connectivity index (χ3n) is 4.75. The molecule has 2 N–H and O–H groups in total. The van der Waals surface area contributed by atoms with Crippen molar-refractivity contribution in [1.29, 1.82) is 0 Å². The summed E-state index contributed by atoms with van der Waals surface area (Å²) < 4.78 is 0. The molecule has 4 nitrogen and oxygen atoms in total. The third kappa shape index (κ3) is 4.70. The normalized spacial score (nSPS) is 16.1. The molecular weight excluding hydrogens is 369 g/mol. The van der Waals surface area contributed by atoms with E-state index in [2.05, 4.69) is 36.1 Å². The predicted molar refractivity (Wildman–Crippen MR) is 112 cm³/mol. The number of nitrogens with zero attached hydrogens (tertiary/aromatic N) is 2. The maximum Gasteiger partial charge on any atom is 0.247 e. The van der Waals surface area contributed by atoms with Crippen molar-refractivity contribution in [3.63, 3.8) is 0 Å². The summed E-state index contributed by atoms with van der Waals surface area (Å²) in [7, 11) is 0. The van der Waals surface area contributed by atoms with Gasteiger partial charge in [-0.15, -0.1) is 24.8 Å². The Bertz CT molecular complexity index is 714. The largest absolute Gasteiger partial charge is 0.368 e. The first-order chi connectivity index (χ1) is 11.5. The summed E-state index contributed by atoms with van der Waals surface area (Å²) in [4.78, 5) is 17.1. The summed E-state index contributed by atoms with van der Waals surface area (Å²) in [6.07, 6.45) is 0. The lowest BCUT2D eigenvalue weighted by molar-refractivity contribution is -0.137. The second kappa shape index (κ2) is 9.26. The predicted octanol–water partition coefficient (Wildman–Crippen LogP) is 3.36.